The van der Waals surface area contributed by atoms with E-state index in [1.165, 1.54) is 11.6 Å². The summed E-state index contributed by atoms with van der Waals surface area (Å²) in [6.45, 7) is 2.01. The predicted octanol–water partition coefficient (Wildman–Crippen LogP) is 9.43. The highest BCUT2D eigenvalue weighted by atomic mass is 19.4. The lowest BCUT2D eigenvalue weighted by Crippen LogP contribution is -2.29. The second-order valence-electron chi connectivity index (χ2n) is 9.67. The van der Waals surface area contributed by atoms with Crippen molar-refractivity contribution in [3.05, 3.63) is 101 Å². The molecule has 3 aromatic carbocycles. The Kier molecular flexibility index (Phi) is 8.86. The third-order valence-electron chi connectivity index (χ3n) is 6.90. The molecule has 3 nitrogen and oxygen atoms in total. The van der Waals surface area contributed by atoms with Crippen molar-refractivity contribution in [1.82, 2.24) is 0 Å². The summed E-state index contributed by atoms with van der Waals surface area (Å²) in [5.74, 6) is -6.73. The smallest absolute Gasteiger partial charge is 0.423 e. The van der Waals surface area contributed by atoms with Crippen molar-refractivity contribution >= 4 is 5.97 Å². The predicted molar refractivity (Wildman–Crippen MR) is 134 cm³/mol. The lowest BCUT2D eigenvalue weighted by molar-refractivity contribution is -0.432. The summed E-state index contributed by atoms with van der Waals surface area (Å²) in [4.78, 5) is 12.4. The van der Waals surface area contributed by atoms with Gasteiger partial charge in [0.05, 0.1) is 5.56 Å². The SMILES string of the molecule is C/C=C/C1CCC(c2ccc(-c3ccc(C(=O)Oc4cc(F)c(C(F)(F)OC(F)(F)F)c(F)c4)c(F)c3)cc2)CC1. The molecule has 0 radical (unpaired) electrons. The number of carbonyl (C=O) groups excluding carboxylic acids is 1. The number of halogens is 8. The standard InChI is InChI=1S/C30H24F8O3/c1-2-3-17-4-6-18(7-5-17)19-8-10-20(11-9-19)21-12-13-23(24(31)14-21)28(39)40-22-15-25(32)27(26(33)16-22)29(34,35)41-30(36,37)38/h2-3,8-18H,4-7H2,1H3/b3-2+. The highest BCUT2D eigenvalue weighted by Gasteiger charge is 2.49. The molecule has 0 amide bonds. The molecule has 0 aromatic heterocycles. The summed E-state index contributed by atoms with van der Waals surface area (Å²) >= 11 is 0. The fourth-order valence-electron chi connectivity index (χ4n) is 4.97. The third-order valence-corrected chi connectivity index (χ3v) is 6.90. The highest BCUT2D eigenvalue weighted by Crippen LogP contribution is 2.40. The average Bonchev–Trinajstić information content (AvgIpc) is 2.87. The van der Waals surface area contributed by atoms with Crippen LogP contribution in [0.5, 0.6) is 5.75 Å². The first-order valence-corrected chi connectivity index (χ1v) is 12.7. The van der Waals surface area contributed by atoms with Crippen molar-refractivity contribution in [2.75, 3.05) is 0 Å². The minimum absolute atomic E-state index is 0.0603. The molecule has 4 rings (SSSR count). The van der Waals surface area contributed by atoms with Crippen LogP contribution in [0.2, 0.25) is 0 Å². The molecule has 0 N–H and O–H groups in total. The largest absolute Gasteiger partial charge is 0.527 e. The second kappa shape index (κ2) is 12.0. The molecule has 218 valence electrons. The van der Waals surface area contributed by atoms with Gasteiger partial charge in [-0.05, 0) is 73.3 Å². The summed E-state index contributed by atoms with van der Waals surface area (Å²) in [6, 6.07) is 11.3. The van der Waals surface area contributed by atoms with Gasteiger partial charge < -0.3 is 4.74 Å². The van der Waals surface area contributed by atoms with Crippen LogP contribution in [0.15, 0.2) is 66.7 Å². The van der Waals surface area contributed by atoms with Gasteiger partial charge in [-0.3, -0.25) is 0 Å². The van der Waals surface area contributed by atoms with Gasteiger partial charge in [0.15, 0.2) is 0 Å². The van der Waals surface area contributed by atoms with E-state index < -0.39 is 52.8 Å². The van der Waals surface area contributed by atoms with Crippen LogP contribution in [-0.4, -0.2) is 12.3 Å². The second-order valence-corrected chi connectivity index (χ2v) is 9.67. The van der Waals surface area contributed by atoms with Crippen LogP contribution in [0.3, 0.4) is 0 Å². The monoisotopic (exact) mass is 584 g/mol. The molecular formula is C30H24F8O3. The topological polar surface area (TPSA) is 35.5 Å². The zero-order chi connectivity index (χ0) is 29.9. The van der Waals surface area contributed by atoms with E-state index in [4.69, 9.17) is 4.74 Å². The number of hydrogen-bond acceptors (Lipinski definition) is 3. The van der Waals surface area contributed by atoms with E-state index >= 15 is 0 Å². The van der Waals surface area contributed by atoms with Gasteiger partial charge in [0, 0.05) is 12.1 Å². The fraction of sp³-hybridized carbons (Fsp3) is 0.300. The molecule has 0 atom stereocenters. The summed E-state index contributed by atoms with van der Waals surface area (Å²) in [6.07, 6.45) is -2.63. The van der Waals surface area contributed by atoms with Crippen molar-refractivity contribution in [3.63, 3.8) is 0 Å². The Morgan fingerprint density at radius 3 is 1.93 bits per heavy atom. The first-order chi connectivity index (χ1) is 19.3. The first kappa shape index (κ1) is 30.2. The quantitative estimate of drug-likeness (QED) is 0.120. The van der Waals surface area contributed by atoms with Gasteiger partial charge in [-0.25, -0.2) is 22.7 Å². The van der Waals surface area contributed by atoms with Crippen LogP contribution in [0, 0.1) is 23.4 Å². The number of carbonyl (C=O) groups is 1. The fourth-order valence-corrected chi connectivity index (χ4v) is 4.97. The lowest BCUT2D eigenvalue weighted by atomic mass is 9.78. The third kappa shape index (κ3) is 7.32. The van der Waals surface area contributed by atoms with Crippen LogP contribution in [0.1, 0.15) is 60.0 Å². The molecule has 3 aromatic rings. The van der Waals surface area contributed by atoms with Crippen LogP contribution in [-0.2, 0) is 10.8 Å². The number of hydrogen-bond donors (Lipinski definition) is 0. The number of esters is 1. The minimum atomic E-state index is -5.90. The Morgan fingerprint density at radius 2 is 1.39 bits per heavy atom. The number of benzene rings is 3. The number of alkyl halides is 5. The van der Waals surface area contributed by atoms with Crippen molar-refractivity contribution in [2.45, 2.75) is 51.0 Å². The zero-order valence-electron chi connectivity index (χ0n) is 21.6. The van der Waals surface area contributed by atoms with Gasteiger partial charge in [0.2, 0.25) is 0 Å². The van der Waals surface area contributed by atoms with E-state index in [2.05, 4.69) is 16.9 Å². The van der Waals surface area contributed by atoms with Gasteiger partial charge in [0.25, 0.3) is 0 Å². The molecule has 1 aliphatic carbocycles. The van der Waals surface area contributed by atoms with Crippen molar-refractivity contribution in [3.8, 4) is 16.9 Å². The molecular weight excluding hydrogens is 560 g/mol. The maximum atomic E-state index is 14.8. The van der Waals surface area contributed by atoms with Crippen LogP contribution in [0.25, 0.3) is 11.1 Å². The van der Waals surface area contributed by atoms with E-state index in [0.717, 1.165) is 37.8 Å². The number of rotatable bonds is 7. The zero-order valence-corrected chi connectivity index (χ0v) is 21.6. The first-order valence-electron chi connectivity index (χ1n) is 12.7. The molecule has 0 unspecified atom stereocenters. The van der Waals surface area contributed by atoms with Crippen molar-refractivity contribution < 1.29 is 49.4 Å². The Balaban J connectivity index is 1.45. The van der Waals surface area contributed by atoms with Crippen molar-refractivity contribution in [1.29, 1.82) is 0 Å². The van der Waals surface area contributed by atoms with Gasteiger partial charge in [-0.1, -0.05) is 42.5 Å². The molecule has 0 saturated heterocycles. The van der Waals surface area contributed by atoms with Crippen LogP contribution < -0.4 is 4.74 Å². The summed E-state index contributed by atoms with van der Waals surface area (Å²) < 4.78 is 114. The molecule has 1 fully saturated rings. The Morgan fingerprint density at radius 1 is 0.805 bits per heavy atom. The maximum Gasteiger partial charge on any atom is 0.527 e. The minimum Gasteiger partial charge on any atom is -0.423 e. The summed E-state index contributed by atoms with van der Waals surface area (Å²) in [5.41, 5.74) is -0.661. The average molecular weight is 585 g/mol. The molecule has 11 heteroatoms. The molecule has 1 saturated carbocycles. The Labute approximate surface area is 230 Å². The normalized spacial score (nSPS) is 18.1. The number of ether oxygens (including phenoxy) is 2. The van der Waals surface area contributed by atoms with Gasteiger partial charge in [-0.2, -0.15) is 8.78 Å². The van der Waals surface area contributed by atoms with E-state index in [1.807, 2.05) is 31.2 Å². The molecule has 0 aliphatic heterocycles. The Bertz CT molecular complexity index is 1400. The molecule has 0 bridgehead atoms. The van der Waals surface area contributed by atoms with E-state index in [0.29, 0.717) is 23.0 Å². The molecule has 41 heavy (non-hydrogen) atoms. The van der Waals surface area contributed by atoms with E-state index in [1.54, 1.807) is 0 Å². The maximum absolute atomic E-state index is 14.8. The van der Waals surface area contributed by atoms with Crippen LogP contribution >= 0.6 is 0 Å². The molecule has 0 heterocycles. The summed E-state index contributed by atoms with van der Waals surface area (Å²) in [5, 5.41) is 0. The van der Waals surface area contributed by atoms with Gasteiger partial charge in [-0.15, -0.1) is 13.2 Å². The van der Waals surface area contributed by atoms with E-state index in [-0.39, 0.29) is 12.1 Å². The lowest BCUT2D eigenvalue weighted by Gasteiger charge is -2.27. The van der Waals surface area contributed by atoms with Gasteiger partial charge in [0.1, 0.15) is 28.8 Å². The Hall–Kier alpha value is -3.73. The molecule has 0 spiro atoms. The summed E-state index contributed by atoms with van der Waals surface area (Å²) in [7, 11) is 0. The van der Waals surface area contributed by atoms with Crippen LogP contribution in [0.4, 0.5) is 35.1 Å². The number of allylic oxidation sites excluding steroid dienone is 2. The van der Waals surface area contributed by atoms with Crippen molar-refractivity contribution in [2.24, 2.45) is 5.92 Å². The van der Waals surface area contributed by atoms with Gasteiger partial charge >= 0.3 is 18.4 Å². The highest BCUT2D eigenvalue weighted by molar-refractivity contribution is 5.92. The van der Waals surface area contributed by atoms with E-state index in [9.17, 15) is 39.9 Å². The molecule has 1 aliphatic rings.